The lowest BCUT2D eigenvalue weighted by molar-refractivity contribution is -0.174. The van der Waals surface area contributed by atoms with E-state index in [1.54, 1.807) is 25.7 Å². The zero-order valence-electron chi connectivity index (χ0n) is 22.2. The number of ether oxygens (including phenoxy) is 1. The molecule has 2 aliphatic rings. The first-order chi connectivity index (χ1) is 18.7. The topological polar surface area (TPSA) is 133 Å². The first kappa shape index (κ1) is 30.1. The van der Waals surface area contributed by atoms with Gasteiger partial charge in [0.1, 0.15) is 22.1 Å². The molecule has 2 aromatic rings. The minimum absolute atomic E-state index is 0.0429. The second-order valence-electron chi connectivity index (χ2n) is 10.8. The van der Waals surface area contributed by atoms with Gasteiger partial charge in [-0.05, 0) is 74.7 Å². The van der Waals surface area contributed by atoms with Crippen LogP contribution in [0.3, 0.4) is 0 Å². The number of alkyl halides is 3. The molecule has 11 nitrogen and oxygen atoms in total. The fourth-order valence-corrected chi connectivity index (χ4v) is 5.66. The monoisotopic (exact) mass is 649 g/mol. The second-order valence-corrected chi connectivity index (χ2v) is 13.1. The van der Waals surface area contributed by atoms with Crippen LogP contribution in [0.25, 0.3) is 0 Å². The minimum atomic E-state index is -4.94. The predicted molar refractivity (Wildman–Crippen MR) is 147 cm³/mol. The maximum atomic E-state index is 13.9. The summed E-state index contributed by atoms with van der Waals surface area (Å²) in [4.78, 5) is 45.6. The van der Waals surface area contributed by atoms with Crippen LogP contribution in [0.5, 0.6) is 0 Å². The zero-order chi connectivity index (χ0) is 29.2. The fourth-order valence-electron chi connectivity index (χ4n) is 4.33. The second kappa shape index (κ2) is 11.9. The van der Waals surface area contributed by atoms with E-state index in [4.69, 9.17) is 4.74 Å². The van der Waals surface area contributed by atoms with E-state index in [-0.39, 0.29) is 10.7 Å². The highest BCUT2D eigenvalue weighted by atomic mass is 79.9. The fraction of sp³-hybridized carbons (Fsp3) is 0.625. The van der Waals surface area contributed by atoms with Crippen LogP contribution >= 0.6 is 27.3 Å². The van der Waals surface area contributed by atoms with Gasteiger partial charge < -0.3 is 19.9 Å². The molecule has 40 heavy (non-hydrogen) atoms. The third kappa shape index (κ3) is 7.86. The van der Waals surface area contributed by atoms with Crippen molar-refractivity contribution in [1.29, 1.82) is 0 Å². The molecule has 0 aromatic carbocycles. The first-order valence-corrected chi connectivity index (χ1v) is 14.5. The van der Waals surface area contributed by atoms with Gasteiger partial charge in [0.15, 0.2) is 9.61 Å². The molecule has 2 fully saturated rings. The molecule has 4 rings (SSSR count). The highest BCUT2D eigenvalue weighted by Crippen LogP contribution is 2.38. The van der Waals surface area contributed by atoms with Crippen molar-refractivity contribution in [2.75, 3.05) is 34.8 Å². The SMILES string of the molecule is CC(C)(C)OC(=O)Nc1sc(Br)nc1C(=O)N(CC1CC1)c1cn[nH]c1N1CCCC(NC(=O)C(F)(F)F)CC1. The summed E-state index contributed by atoms with van der Waals surface area (Å²) in [6.45, 7) is 6.44. The summed E-state index contributed by atoms with van der Waals surface area (Å²) in [7, 11) is 0. The van der Waals surface area contributed by atoms with Crippen LogP contribution in [-0.2, 0) is 9.53 Å². The smallest absolute Gasteiger partial charge is 0.444 e. The van der Waals surface area contributed by atoms with Gasteiger partial charge in [0.2, 0.25) is 0 Å². The summed E-state index contributed by atoms with van der Waals surface area (Å²) >= 11 is 4.39. The Morgan fingerprint density at radius 3 is 2.58 bits per heavy atom. The van der Waals surface area contributed by atoms with Gasteiger partial charge in [-0.2, -0.15) is 18.3 Å². The average molecular weight is 651 g/mol. The number of carbonyl (C=O) groups excluding carboxylic acids is 3. The van der Waals surface area contributed by atoms with Crippen LogP contribution in [0, 0.1) is 5.92 Å². The Labute approximate surface area is 241 Å². The van der Waals surface area contributed by atoms with Gasteiger partial charge in [0.25, 0.3) is 5.91 Å². The van der Waals surface area contributed by atoms with Crippen LogP contribution in [0.15, 0.2) is 10.1 Å². The lowest BCUT2D eigenvalue weighted by atomic mass is 10.1. The number of aromatic amines is 1. The molecule has 3 heterocycles. The van der Waals surface area contributed by atoms with Gasteiger partial charge in [0.05, 0.1) is 6.20 Å². The molecule has 1 aliphatic carbocycles. The third-order valence-corrected chi connectivity index (χ3v) is 7.75. The van der Waals surface area contributed by atoms with E-state index in [0.29, 0.717) is 60.2 Å². The molecular weight excluding hydrogens is 619 g/mol. The number of halogens is 4. The van der Waals surface area contributed by atoms with E-state index in [9.17, 15) is 27.6 Å². The summed E-state index contributed by atoms with van der Waals surface area (Å²) in [5.74, 6) is -1.54. The van der Waals surface area contributed by atoms with Gasteiger partial charge >= 0.3 is 18.2 Å². The average Bonchev–Trinajstić information content (AvgIpc) is 3.48. The molecular formula is C24H31BrF3N7O4S. The Morgan fingerprint density at radius 1 is 1.20 bits per heavy atom. The molecule has 1 saturated heterocycles. The van der Waals surface area contributed by atoms with Gasteiger partial charge in [-0.25, -0.2) is 9.78 Å². The quantitative estimate of drug-likeness (QED) is 0.381. The van der Waals surface area contributed by atoms with Crippen molar-refractivity contribution in [3.05, 3.63) is 15.8 Å². The van der Waals surface area contributed by atoms with Gasteiger partial charge in [-0.3, -0.25) is 20.0 Å². The van der Waals surface area contributed by atoms with E-state index in [1.165, 1.54) is 6.20 Å². The lowest BCUT2D eigenvalue weighted by Gasteiger charge is -2.27. The minimum Gasteiger partial charge on any atom is -0.444 e. The summed E-state index contributed by atoms with van der Waals surface area (Å²) in [6, 6.07) is -0.622. The number of carbonyl (C=O) groups is 3. The van der Waals surface area contributed by atoms with E-state index >= 15 is 0 Å². The normalized spacial score (nSPS) is 18.2. The van der Waals surface area contributed by atoms with Crippen LogP contribution in [0.1, 0.15) is 63.4 Å². The van der Waals surface area contributed by atoms with Crippen LogP contribution in [-0.4, -0.2) is 70.5 Å². The van der Waals surface area contributed by atoms with Crippen molar-refractivity contribution in [2.24, 2.45) is 5.92 Å². The first-order valence-electron chi connectivity index (χ1n) is 12.9. The number of anilines is 3. The van der Waals surface area contributed by atoms with Gasteiger partial charge in [-0.1, -0.05) is 11.3 Å². The highest BCUT2D eigenvalue weighted by molar-refractivity contribution is 9.11. The number of H-pyrrole nitrogens is 1. The summed E-state index contributed by atoms with van der Waals surface area (Å²) in [5, 5.41) is 12.0. The molecule has 220 valence electrons. The summed E-state index contributed by atoms with van der Waals surface area (Å²) in [6.07, 6.45) is -0.984. The molecule has 3 N–H and O–H groups in total. The van der Waals surface area contributed by atoms with Crippen LogP contribution in [0.4, 0.5) is 34.5 Å². The Kier molecular flexibility index (Phi) is 8.97. The van der Waals surface area contributed by atoms with Crippen molar-refractivity contribution in [1.82, 2.24) is 20.5 Å². The Morgan fingerprint density at radius 2 is 1.93 bits per heavy atom. The summed E-state index contributed by atoms with van der Waals surface area (Å²) < 4.78 is 43.9. The summed E-state index contributed by atoms with van der Waals surface area (Å²) in [5.41, 5.74) is -0.190. The molecule has 3 amide bonds. The molecule has 16 heteroatoms. The number of rotatable bonds is 7. The van der Waals surface area contributed by atoms with E-state index in [2.05, 4.69) is 41.7 Å². The van der Waals surface area contributed by atoms with Crippen LogP contribution < -0.4 is 20.4 Å². The van der Waals surface area contributed by atoms with Crippen molar-refractivity contribution < 1.29 is 32.3 Å². The molecule has 1 unspecified atom stereocenters. The number of nitrogens with one attached hydrogen (secondary N) is 3. The van der Waals surface area contributed by atoms with E-state index in [1.807, 2.05) is 4.90 Å². The highest BCUT2D eigenvalue weighted by Gasteiger charge is 2.40. The number of amides is 3. The standard InChI is InChI=1S/C24H31BrF3N7O4S/c1-23(2,3)39-22(38)32-18-16(31-21(25)40-18)19(36)35(12-13-6-7-13)15-11-29-33-17(15)34-9-4-5-14(8-10-34)30-20(37)24(26,27)28/h11,13-14H,4-10,12H2,1-3H3,(H,29,33)(H,30,37)(H,32,38). The van der Waals surface area contributed by atoms with Crippen molar-refractivity contribution in [2.45, 2.75) is 70.7 Å². The molecule has 1 aliphatic heterocycles. The Bertz CT molecular complexity index is 1240. The van der Waals surface area contributed by atoms with E-state index in [0.717, 1.165) is 24.2 Å². The number of aromatic nitrogens is 3. The van der Waals surface area contributed by atoms with Crippen molar-refractivity contribution >= 4 is 61.7 Å². The maximum absolute atomic E-state index is 13.9. The number of thiazole rings is 1. The molecule has 0 radical (unpaired) electrons. The molecule has 0 spiro atoms. The molecule has 1 atom stereocenters. The Balaban J connectivity index is 1.54. The van der Waals surface area contributed by atoms with Gasteiger partial charge in [-0.15, -0.1) is 0 Å². The van der Waals surface area contributed by atoms with Gasteiger partial charge in [0, 0.05) is 25.7 Å². The maximum Gasteiger partial charge on any atom is 0.471 e. The van der Waals surface area contributed by atoms with E-state index < -0.39 is 35.7 Å². The third-order valence-electron chi connectivity index (χ3n) is 6.33. The van der Waals surface area contributed by atoms with Crippen molar-refractivity contribution in [3.8, 4) is 0 Å². The Hall–Kier alpha value is -2.88. The molecule has 2 aromatic heterocycles. The number of hydrogen-bond donors (Lipinski definition) is 3. The molecule has 1 saturated carbocycles. The zero-order valence-corrected chi connectivity index (χ0v) is 24.6. The van der Waals surface area contributed by atoms with Crippen LogP contribution in [0.2, 0.25) is 0 Å². The predicted octanol–water partition coefficient (Wildman–Crippen LogP) is 5.07. The number of hydrogen-bond acceptors (Lipinski definition) is 8. The number of nitrogens with zero attached hydrogens (tertiary/aromatic N) is 4. The lowest BCUT2D eigenvalue weighted by Crippen LogP contribution is -2.43. The largest absolute Gasteiger partial charge is 0.471 e. The molecule has 0 bridgehead atoms. The van der Waals surface area contributed by atoms with Crippen molar-refractivity contribution in [3.63, 3.8) is 0 Å².